The number of benzene rings is 1. The zero-order valence-corrected chi connectivity index (χ0v) is 9.79. The first-order valence-corrected chi connectivity index (χ1v) is 6.15. The lowest BCUT2D eigenvalue weighted by atomic mass is 10.0. The molecule has 0 radical (unpaired) electrons. The van der Waals surface area contributed by atoms with Crippen LogP contribution in [0.4, 0.5) is 17.6 Å². The van der Waals surface area contributed by atoms with E-state index >= 15 is 0 Å². The number of thioether (sulfide) groups is 1. The second-order valence-electron chi connectivity index (χ2n) is 3.33. The lowest BCUT2D eigenvalue weighted by Crippen LogP contribution is -2.12. The van der Waals surface area contributed by atoms with E-state index in [4.69, 9.17) is 0 Å². The Kier molecular flexibility index (Phi) is 4.56. The zero-order chi connectivity index (χ0) is 13.1. The summed E-state index contributed by atoms with van der Waals surface area (Å²) in [6, 6.07) is 2.74. The molecule has 0 bridgehead atoms. The van der Waals surface area contributed by atoms with Crippen molar-refractivity contribution in [3.63, 3.8) is 0 Å². The molecular weight excluding hydrogens is 256 g/mol. The molecule has 94 valence electrons. The van der Waals surface area contributed by atoms with E-state index in [-0.39, 0.29) is 6.42 Å². The maximum atomic E-state index is 13.5. The van der Waals surface area contributed by atoms with Crippen LogP contribution in [0.3, 0.4) is 0 Å². The average Bonchev–Trinajstić information content (AvgIpc) is 2.24. The van der Waals surface area contributed by atoms with Gasteiger partial charge in [-0.15, -0.1) is 0 Å². The van der Waals surface area contributed by atoms with Gasteiger partial charge in [0.25, 0.3) is 0 Å². The molecule has 0 unspecified atom stereocenters. The van der Waals surface area contributed by atoms with Gasteiger partial charge in [0.05, 0.1) is 11.1 Å². The summed E-state index contributed by atoms with van der Waals surface area (Å²) in [7, 11) is 0. The van der Waals surface area contributed by atoms with Gasteiger partial charge in [0, 0.05) is 12.2 Å². The molecule has 0 aromatic heterocycles. The van der Waals surface area contributed by atoms with Crippen molar-refractivity contribution in [2.24, 2.45) is 0 Å². The SMILES string of the molecule is CSCCC(=O)c1cccc(C(F)(F)F)c1F. The van der Waals surface area contributed by atoms with E-state index in [2.05, 4.69) is 0 Å². The van der Waals surface area contributed by atoms with Gasteiger partial charge < -0.3 is 0 Å². The van der Waals surface area contributed by atoms with Gasteiger partial charge in [-0.3, -0.25) is 4.79 Å². The number of carbonyl (C=O) groups excluding carboxylic acids is 1. The van der Waals surface area contributed by atoms with Gasteiger partial charge >= 0.3 is 6.18 Å². The predicted octanol–water partition coefficient (Wildman–Crippen LogP) is 3.78. The van der Waals surface area contributed by atoms with Crippen molar-refractivity contribution in [2.45, 2.75) is 12.6 Å². The molecule has 1 aromatic carbocycles. The lowest BCUT2D eigenvalue weighted by Gasteiger charge is -2.10. The van der Waals surface area contributed by atoms with Crippen LogP contribution in [-0.4, -0.2) is 17.8 Å². The fourth-order valence-electron chi connectivity index (χ4n) is 1.30. The number of carbonyl (C=O) groups is 1. The standard InChI is InChI=1S/C11H10F4OS/c1-17-6-5-9(16)7-3-2-4-8(10(7)12)11(13,14)15/h2-4H,5-6H2,1H3. The first kappa shape index (κ1) is 14.0. The lowest BCUT2D eigenvalue weighted by molar-refractivity contribution is -0.140. The molecule has 0 aliphatic heterocycles. The van der Waals surface area contributed by atoms with Crippen LogP contribution in [-0.2, 0) is 6.18 Å². The molecule has 0 aliphatic rings. The van der Waals surface area contributed by atoms with Crippen LogP contribution in [0.25, 0.3) is 0 Å². The molecule has 0 spiro atoms. The van der Waals surface area contributed by atoms with Gasteiger partial charge in [0.15, 0.2) is 5.78 Å². The Bertz CT molecular complexity index is 414. The Morgan fingerprint density at radius 3 is 2.53 bits per heavy atom. The highest BCUT2D eigenvalue weighted by molar-refractivity contribution is 7.98. The molecule has 1 rings (SSSR count). The number of hydrogen-bond acceptors (Lipinski definition) is 2. The third kappa shape index (κ3) is 3.46. The van der Waals surface area contributed by atoms with Crippen molar-refractivity contribution in [3.8, 4) is 0 Å². The van der Waals surface area contributed by atoms with E-state index < -0.39 is 28.9 Å². The van der Waals surface area contributed by atoms with Gasteiger partial charge in [0.1, 0.15) is 5.82 Å². The molecule has 1 nitrogen and oxygen atoms in total. The van der Waals surface area contributed by atoms with Gasteiger partial charge in [-0.05, 0) is 18.4 Å². The number of Topliss-reactive ketones (excluding diaryl/α,β-unsaturated/α-hetero) is 1. The molecule has 0 amide bonds. The Hall–Kier alpha value is -1.04. The fraction of sp³-hybridized carbons (Fsp3) is 0.364. The van der Waals surface area contributed by atoms with Crippen molar-refractivity contribution in [1.29, 1.82) is 0 Å². The molecule has 17 heavy (non-hydrogen) atoms. The van der Waals surface area contributed by atoms with E-state index in [0.29, 0.717) is 11.8 Å². The normalized spacial score (nSPS) is 11.6. The molecule has 0 atom stereocenters. The number of alkyl halides is 3. The highest BCUT2D eigenvalue weighted by Gasteiger charge is 2.35. The van der Waals surface area contributed by atoms with Gasteiger partial charge in [-0.25, -0.2) is 4.39 Å². The number of halogens is 4. The van der Waals surface area contributed by atoms with Crippen LogP contribution in [0.5, 0.6) is 0 Å². The number of ketones is 1. The van der Waals surface area contributed by atoms with Crippen molar-refractivity contribution in [1.82, 2.24) is 0 Å². The Labute approximate surface area is 100 Å². The van der Waals surface area contributed by atoms with Crippen molar-refractivity contribution < 1.29 is 22.4 Å². The minimum atomic E-state index is -4.78. The van der Waals surface area contributed by atoms with Crippen LogP contribution in [0.1, 0.15) is 22.3 Å². The van der Waals surface area contributed by atoms with E-state index in [1.54, 1.807) is 6.26 Å². The minimum absolute atomic E-state index is 0.0272. The molecule has 0 heterocycles. The van der Waals surface area contributed by atoms with Gasteiger partial charge in [-0.2, -0.15) is 24.9 Å². The highest BCUT2D eigenvalue weighted by atomic mass is 32.2. The maximum absolute atomic E-state index is 13.5. The van der Waals surface area contributed by atoms with Crippen LogP contribution in [0.15, 0.2) is 18.2 Å². The van der Waals surface area contributed by atoms with Crippen LogP contribution >= 0.6 is 11.8 Å². The molecule has 0 aliphatic carbocycles. The summed E-state index contributed by atoms with van der Waals surface area (Å²) in [6.45, 7) is 0. The summed E-state index contributed by atoms with van der Waals surface area (Å²) < 4.78 is 50.7. The summed E-state index contributed by atoms with van der Waals surface area (Å²) in [4.78, 5) is 11.5. The average molecular weight is 266 g/mol. The number of rotatable bonds is 4. The quantitative estimate of drug-likeness (QED) is 0.609. The predicted molar refractivity (Wildman–Crippen MR) is 58.7 cm³/mol. The molecule has 0 N–H and O–H groups in total. The van der Waals surface area contributed by atoms with E-state index in [1.165, 1.54) is 11.8 Å². The maximum Gasteiger partial charge on any atom is 0.419 e. The summed E-state index contributed by atoms with van der Waals surface area (Å²) in [6.07, 6.45) is -2.99. The molecule has 1 aromatic rings. The molecule has 0 saturated carbocycles. The van der Waals surface area contributed by atoms with Crippen LogP contribution in [0, 0.1) is 5.82 Å². The van der Waals surface area contributed by atoms with Crippen molar-refractivity contribution >= 4 is 17.5 Å². The van der Waals surface area contributed by atoms with Crippen LogP contribution in [0.2, 0.25) is 0 Å². The smallest absolute Gasteiger partial charge is 0.294 e. The topological polar surface area (TPSA) is 17.1 Å². The molecule has 0 fully saturated rings. The second kappa shape index (κ2) is 5.53. The largest absolute Gasteiger partial charge is 0.419 e. The third-order valence-electron chi connectivity index (χ3n) is 2.14. The van der Waals surface area contributed by atoms with Crippen molar-refractivity contribution in [3.05, 3.63) is 35.1 Å². The van der Waals surface area contributed by atoms with E-state index in [9.17, 15) is 22.4 Å². The minimum Gasteiger partial charge on any atom is -0.294 e. The summed E-state index contributed by atoms with van der Waals surface area (Å²) in [5.74, 6) is -1.64. The van der Waals surface area contributed by atoms with Gasteiger partial charge in [0.2, 0.25) is 0 Å². The first-order chi connectivity index (χ1) is 7.88. The summed E-state index contributed by atoms with van der Waals surface area (Å²) in [5, 5.41) is 0. The zero-order valence-electron chi connectivity index (χ0n) is 8.97. The van der Waals surface area contributed by atoms with Crippen molar-refractivity contribution in [2.75, 3.05) is 12.0 Å². The van der Waals surface area contributed by atoms with E-state index in [0.717, 1.165) is 12.1 Å². The molecule has 0 saturated heterocycles. The van der Waals surface area contributed by atoms with Crippen LogP contribution < -0.4 is 0 Å². The summed E-state index contributed by atoms with van der Waals surface area (Å²) >= 11 is 1.37. The number of hydrogen-bond donors (Lipinski definition) is 0. The summed E-state index contributed by atoms with van der Waals surface area (Å²) in [5.41, 5.74) is -1.89. The first-order valence-electron chi connectivity index (χ1n) is 4.75. The Morgan fingerprint density at radius 1 is 1.35 bits per heavy atom. The monoisotopic (exact) mass is 266 g/mol. The van der Waals surface area contributed by atoms with Gasteiger partial charge in [-0.1, -0.05) is 6.07 Å². The third-order valence-corrected chi connectivity index (χ3v) is 2.75. The molecule has 6 heteroatoms. The molecular formula is C11H10F4OS. The second-order valence-corrected chi connectivity index (χ2v) is 4.32. The van der Waals surface area contributed by atoms with E-state index in [1.807, 2.05) is 0 Å². The Morgan fingerprint density at radius 2 is 2.00 bits per heavy atom. The fourth-order valence-corrected chi connectivity index (χ4v) is 1.69. The Balaban J connectivity index is 3.06. The highest BCUT2D eigenvalue weighted by Crippen LogP contribution is 2.32.